The third kappa shape index (κ3) is 3.64. The van der Waals surface area contributed by atoms with Crippen LogP contribution < -0.4 is 5.73 Å². The SMILES string of the molecule is Cc1nc(-c2ccc(C(=O)N3CCCC(c4ccnc(N)n4)C3)cc2)n[nH]1. The van der Waals surface area contributed by atoms with Crippen LogP contribution >= 0.6 is 0 Å². The number of rotatable bonds is 3. The van der Waals surface area contributed by atoms with E-state index >= 15 is 0 Å². The molecule has 8 nitrogen and oxygen atoms in total. The van der Waals surface area contributed by atoms with E-state index in [-0.39, 0.29) is 17.8 Å². The number of hydrogen-bond donors (Lipinski definition) is 2. The minimum Gasteiger partial charge on any atom is -0.368 e. The Bertz CT molecular complexity index is 951. The molecule has 1 aliphatic rings. The Morgan fingerprint density at radius 3 is 2.74 bits per heavy atom. The molecule has 2 aromatic heterocycles. The van der Waals surface area contributed by atoms with Gasteiger partial charge in [-0.1, -0.05) is 12.1 Å². The van der Waals surface area contributed by atoms with Gasteiger partial charge in [-0.25, -0.2) is 15.0 Å². The zero-order valence-electron chi connectivity index (χ0n) is 15.1. The molecule has 3 N–H and O–H groups in total. The van der Waals surface area contributed by atoms with Crippen molar-refractivity contribution in [2.45, 2.75) is 25.7 Å². The van der Waals surface area contributed by atoms with Crippen LogP contribution in [-0.2, 0) is 0 Å². The Morgan fingerprint density at radius 1 is 1.22 bits per heavy atom. The van der Waals surface area contributed by atoms with E-state index in [9.17, 15) is 4.79 Å². The van der Waals surface area contributed by atoms with Crippen molar-refractivity contribution in [3.63, 3.8) is 0 Å². The van der Waals surface area contributed by atoms with Gasteiger partial charge in [0.1, 0.15) is 5.82 Å². The lowest BCUT2D eigenvalue weighted by molar-refractivity contribution is 0.0706. The van der Waals surface area contributed by atoms with Gasteiger partial charge in [0.2, 0.25) is 5.95 Å². The van der Waals surface area contributed by atoms with Crippen molar-refractivity contribution >= 4 is 11.9 Å². The number of nitrogen functional groups attached to an aromatic ring is 1. The summed E-state index contributed by atoms with van der Waals surface area (Å²) in [5.74, 6) is 1.87. The second kappa shape index (κ2) is 7.14. The van der Waals surface area contributed by atoms with Gasteiger partial charge < -0.3 is 10.6 Å². The van der Waals surface area contributed by atoms with Gasteiger partial charge in [-0.3, -0.25) is 9.89 Å². The Balaban J connectivity index is 1.48. The van der Waals surface area contributed by atoms with Crippen LogP contribution in [0.3, 0.4) is 0 Å². The highest BCUT2D eigenvalue weighted by molar-refractivity contribution is 5.94. The molecule has 138 valence electrons. The van der Waals surface area contributed by atoms with Crippen LogP contribution in [0.25, 0.3) is 11.4 Å². The molecule has 1 unspecified atom stereocenters. The third-order valence-corrected chi connectivity index (χ3v) is 4.81. The number of benzene rings is 1. The summed E-state index contributed by atoms with van der Waals surface area (Å²) >= 11 is 0. The van der Waals surface area contributed by atoms with Crippen LogP contribution in [0.4, 0.5) is 5.95 Å². The number of hydrogen-bond acceptors (Lipinski definition) is 6. The number of H-pyrrole nitrogens is 1. The van der Waals surface area contributed by atoms with Gasteiger partial charge >= 0.3 is 0 Å². The van der Waals surface area contributed by atoms with Gasteiger partial charge in [0, 0.05) is 36.3 Å². The summed E-state index contributed by atoms with van der Waals surface area (Å²) in [5.41, 5.74) is 8.14. The maximum Gasteiger partial charge on any atom is 0.253 e. The number of aryl methyl sites for hydroxylation is 1. The molecule has 0 aliphatic carbocycles. The average Bonchev–Trinajstić information content (AvgIpc) is 3.14. The molecule has 1 amide bonds. The molecule has 0 spiro atoms. The zero-order valence-corrected chi connectivity index (χ0v) is 15.1. The monoisotopic (exact) mass is 363 g/mol. The van der Waals surface area contributed by atoms with Crippen molar-refractivity contribution < 1.29 is 4.79 Å². The minimum atomic E-state index is 0.0273. The van der Waals surface area contributed by atoms with Gasteiger partial charge in [-0.15, -0.1) is 0 Å². The summed E-state index contributed by atoms with van der Waals surface area (Å²) < 4.78 is 0. The third-order valence-electron chi connectivity index (χ3n) is 4.81. The van der Waals surface area contributed by atoms with E-state index in [0.717, 1.165) is 36.5 Å². The number of nitrogens with two attached hydrogens (primary N) is 1. The van der Waals surface area contributed by atoms with Gasteiger partial charge in [0.25, 0.3) is 5.91 Å². The van der Waals surface area contributed by atoms with Crippen molar-refractivity contribution in [2.75, 3.05) is 18.8 Å². The van der Waals surface area contributed by atoms with Gasteiger partial charge in [0.15, 0.2) is 5.82 Å². The molecule has 1 fully saturated rings. The molecule has 0 saturated carbocycles. The molecule has 3 aromatic rings. The predicted octanol–water partition coefficient (Wildman–Crippen LogP) is 2.17. The largest absolute Gasteiger partial charge is 0.368 e. The molecule has 3 heterocycles. The van der Waals surface area contributed by atoms with E-state index in [1.165, 1.54) is 0 Å². The van der Waals surface area contributed by atoms with E-state index in [4.69, 9.17) is 5.73 Å². The van der Waals surface area contributed by atoms with Crippen molar-refractivity contribution in [1.82, 2.24) is 30.0 Å². The number of nitrogens with one attached hydrogen (secondary N) is 1. The first kappa shape index (κ1) is 17.1. The average molecular weight is 363 g/mol. The van der Waals surface area contributed by atoms with E-state index in [0.29, 0.717) is 17.9 Å². The molecule has 27 heavy (non-hydrogen) atoms. The normalized spacial score (nSPS) is 17.1. The fourth-order valence-electron chi connectivity index (χ4n) is 3.44. The smallest absolute Gasteiger partial charge is 0.253 e. The molecule has 4 rings (SSSR count). The maximum absolute atomic E-state index is 12.9. The van der Waals surface area contributed by atoms with Crippen LogP contribution in [0.5, 0.6) is 0 Å². The fraction of sp³-hybridized carbons (Fsp3) is 0.316. The molecule has 0 bridgehead atoms. The molecule has 8 heteroatoms. The summed E-state index contributed by atoms with van der Waals surface area (Å²) in [7, 11) is 0. The first-order chi connectivity index (χ1) is 13.1. The summed E-state index contributed by atoms with van der Waals surface area (Å²) in [6.07, 6.45) is 3.60. The Labute approximate surface area is 156 Å². The molecule has 1 saturated heterocycles. The van der Waals surface area contributed by atoms with Crippen molar-refractivity contribution in [2.24, 2.45) is 0 Å². The highest BCUT2D eigenvalue weighted by atomic mass is 16.2. The highest BCUT2D eigenvalue weighted by Gasteiger charge is 2.26. The lowest BCUT2D eigenvalue weighted by Gasteiger charge is -2.32. The number of aromatic nitrogens is 5. The molecule has 1 aromatic carbocycles. The van der Waals surface area contributed by atoms with Crippen molar-refractivity contribution in [1.29, 1.82) is 0 Å². The van der Waals surface area contributed by atoms with E-state index < -0.39 is 0 Å². The van der Waals surface area contributed by atoms with Crippen LogP contribution in [0.15, 0.2) is 36.5 Å². The summed E-state index contributed by atoms with van der Waals surface area (Å²) in [4.78, 5) is 27.4. The van der Waals surface area contributed by atoms with Crippen LogP contribution in [0, 0.1) is 6.92 Å². The lowest BCUT2D eigenvalue weighted by atomic mass is 9.94. The molecule has 0 radical (unpaired) electrons. The quantitative estimate of drug-likeness (QED) is 0.737. The Kier molecular flexibility index (Phi) is 4.53. The number of carbonyl (C=O) groups excluding carboxylic acids is 1. The maximum atomic E-state index is 12.9. The van der Waals surface area contributed by atoms with E-state index in [1.54, 1.807) is 6.20 Å². The first-order valence-corrected chi connectivity index (χ1v) is 8.97. The number of nitrogens with zero attached hydrogens (tertiary/aromatic N) is 5. The molecule has 1 aliphatic heterocycles. The Morgan fingerprint density at radius 2 is 2.04 bits per heavy atom. The van der Waals surface area contributed by atoms with Crippen LogP contribution in [0.2, 0.25) is 0 Å². The number of anilines is 1. The van der Waals surface area contributed by atoms with Gasteiger partial charge in [-0.05, 0) is 38.0 Å². The van der Waals surface area contributed by atoms with E-state index in [1.807, 2.05) is 42.2 Å². The van der Waals surface area contributed by atoms with Gasteiger partial charge in [-0.2, -0.15) is 5.10 Å². The molecular formula is C19H21N7O. The van der Waals surface area contributed by atoms with Crippen molar-refractivity contribution in [3.05, 3.63) is 53.6 Å². The summed E-state index contributed by atoms with van der Waals surface area (Å²) in [5, 5.41) is 6.97. The number of likely N-dealkylation sites (tertiary alicyclic amines) is 1. The van der Waals surface area contributed by atoms with E-state index in [2.05, 4.69) is 25.1 Å². The summed E-state index contributed by atoms with van der Waals surface area (Å²) in [6.45, 7) is 3.24. The zero-order chi connectivity index (χ0) is 18.8. The Hall–Kier alpha value is -3.29. The summed E-state index contributed by atoms with van der Waals surface area (Å²) in [6, 6.07) is 9.29. The first-order valence-electron chi connectivity index (χ1n) is 8.97. The minimum absolute atomic E-state index is 0.0273. The number of amides is 1. The van der Waals surface area contributed by atoms with Crippen LogP contribution in [0.1, 0.15) is 40.6 Å². The van der Waals surface area contributed by atoms with Crippen LogP contribution in [-0.4, -0.2) is 49.0 Å². The number of aromatic amines is 1. The second-order valence-corrected chi connectivity index (χ2v) is 6.75. The number of carbonyl (C=O) groups is 1. The fourth-order valence-corrected chi connectivity index (χ4v) is 3.44. The lowest BCUT2D eigenvalue weighted by Crippen LogP contribution is -2.39. The second-order valence-electron chi connectivity index (χ2n) is 6.75. The topological polar surface area (TPSA) is 114 Å². The predicted molar refractivity (Wildman–Crippen MR) is 101 cm³/mol. The molecular weight excluding hydrogens is 342 g/mol. The molecule has 1 atom stereocenters. The van der Waals surface area contributed by atoms with Gasteiger partial charge in [0.05, 0.1) is 5.69 Å². The number of piperidine rings is 1. The highest BCUT2D eigenvalue weighted by Crippen LogP contribution is 2.27. The standard InChI is InChI=1S/C19H21N7O/c1-12-22-17(25-24-12)13-4-6-14(7-5-13)18(27)26-10-2-3-15(11-26)16-8-9-21-19(20)23-16/h4-9,15H,2-3,10-11H2,1H3,(H2,20,21,23)(H,22,24,25). The van der Waals surface area contributed by atoms with Crippen molar-refractivity contribution in [3.8, 4) is 11.4 Å².